The third kappa shape index (κ3) is 6.82. The minimum Gasteiger partial charge on any atom is -0.507 e. The fraction of sp³-hybridized carbons (Fsp3) is 0.125. The zero-order valence-electron chi connectivity index (χ0n) is 17.8. The number of aromatic hydroxyl groups is 1. The predicted octanol–water partition coefficient (Wildman–Crippen LogP) is 6.51. The molecule has 0 aliphatic rings. The zero-order chi connectivity index (χ0) is 24.7. The van der Waals surface area contributed by atoms with Gasteiger partial charge in [-0.1, -0.05) is 16.8 Å². The third-order valence-electron chi connectivity index (χ3n) is 4.32. The second-order valence-electron chi connectivity index (χ2n) is 6.74. The maximum Gasteiger partial charge on any atom is 0.347 e. The normalized spacial score (nSPS) is 10.8. The molecule has 0 radical (unpaired) electrons. The predicted molar refractivity (Wildman–Crippen MR) is 135 cm³/mol. The van der Waals surface area contributed by atoms with Gasteiger partial charge in [-0.25, -0.2) is 4.79 Å². The van der Waals surface area contributed by atoms with Gasteiger partial charge in [-0.05, 0) is 98.9 Å². The van der Waals surface area contributed by atoms with Crippen LogP contribution >= 0.6 is 43.5 Å². The first-order valence-electron chi connectivity index (χ1n) is 9.89. The lowest BCUT2D eigenvalue weighted by molar-refractivity contribution is -0.148. The number of nitrogens with zero attached hydrogens (tertiary/aromatic N) is 1. The number of rotatable bonds is 9. The molecule has 7 nitrogen and oxygen atoms in total. The van der Waals surface area contributed by atoms with E-state index in [9.17, 15) is 14.7 Å². The summed E-state index contributed by atoms with van der Waals surface area (Å²) < 4.78 is 11.9. The van der Waals surface area contributed by atoms with Crippen molar-refractivity contribution < 1.29 is 29.0 Å². The van der Waals surface area contributed by atoms with E-state index in [2.05, 4.69) is 37.0 Å². The summed E-state index contributed by atoms with van der Waals surface area (Å²) in [5, 5.41) is 14.5. The van der Waals surface area contributed by atoms with Crippen molar-refractivity contribution in [3.63, 3.8) is 0 Å². The molecule has 0 saturated carbocycles. The maximum atomic E-state index is 12.8. The highest BCUT2D eigenvalue weighted by Crippen LogP contribution is 2.38. The first-order chi connectivity index (χ1) is 16.3. The number of ketones is 1. The average molecular weight is 612 g/mol. The number of hydrogen-bond acceptors (Lipinski definition) is 7. The fourth-order valence-electron chi connectivity index (χ4n) is 2.78. The minimum absolute atomic E-state index is 0.0922. The van der Waals surface area contributed by atoms with Gasteiger partial charge in [0.1, 0.15) is 11.5 Å². The molecule has 0 spiro atoms. The van der Waals surface area contributed by atoms with E-state index in [1.54, 1.807) is 49.4 Å². The molecule has 10 heteroatoms. The molecule has 3 aromatic carbocycles. The van der Waals surface area contributed by atoms with Crippen LogP contribution in [0.1, 0.15) is 28.4 Å². The summed E-state index contributed by atoms with van der Waals surface area (Å²) in [6.45, 7) is 1.69. The molecule has 0 amide bonds. The van der Waals surface area contributed by atoms with Crippen LogP contribution in [-0.2, 0) is 14.4 Å². The highest BCUT2D eigenvalue weighted by molar-refractivity contribution is 9.11. The first kappa shape index (κ1) is 25.7. The van der Waals surface area contributed by atoms with Crippen LogP contribution < -0.4 is 4.74 Å². The maximum absolute atomic E-state index is 12.8. The van der Waals surface area contributed by atoms with Crippen molar-refractivity contribution in [1.29, 1.82) is 0 Å². The SMILES string of the molecule is CCOC(=O)CO/N=C\c1cc(Br)c(Oc2ccc(O)c(C(=O)c3ccc(Cl)cc3)c2)c(Br)c1. The molecule has 0 atom stereocenters. The summed E-state index contributed by atoms with van der Waals surface area (Å²) in [6, 6.07) is 14.2. The van der Waals surface area contributed by atoms with Crippen LogP contribution in [0.25, 0.3) is 0 Å². The third-order valence-corrected chi connectivity index (χ3v) is 5.75. The molecule has 34 heavy (non-hydrogen) atoms. The van der Waals surface area contributed by atoms with Crippen molar-refractivity contribution in [2.24, 2.45) is 5.16 Å². The van der Waals surface area contributed by atoms with E-state index in [0.717, 1.165) is 0 Å². The molecular weight excluding hydrogens is 594 g/mol. The van der Waals surface area contributed by atoms with Gasteiger partial charge in [0.05, 0.1) is 27.3 Å². The number of benzene rings is 3. The summed E-state index contributed by atoms with van der Waals surface area (Å²) in [4.78, 5) is 29.0. The van der Waals surface area contributed by atoms with Gasteiger partial charge in [0.15, 0.2) is 11.5 Å². The first-order valence-corrected chi connectivity index (χ1v) is 11.9. The molecule has 0 fully saturated rings. The van der Waals surface area contributed by atoms with Crippen molar-refractivity contribution >= 4 is 61.4 Å². The lowest BCUT2D eigenvalue weighted by atomic mass is 10.0. The Bertz CT molecular complexity index is 1210. The smallest absolute Gasteiger partial charge is 0.347 e. The van der Waals surface area contributed by atoms with E-state index in [-0.39, 0.29) is 30.3 Å². The van der Waals surface area contributed by atoms with Crippen molar-refractivity contribution in [3.8, 4) is 17.2 Å². The number of carbonyl (C=O) groups excluding carboxylic acids is 2. The van der Waals surface area contributed by atoms with Crippen molar-refractivity contribution in [2.45, 2.75) is 6.92 Å². The molecule has 0 heterocycles. The molecule has 0 saturated heterocycles. The summed E-state index contributed by atoms with van der Waals surface area (Å²) in [5.74, 6) is -0.253. The van der Waals surface area contributed by atoms with E-state index in [0.29, 0.717) is 36.6 Å². The number of halogens is 3. The number of hydrogen-bond donors (Lipinski definition) is 1. The molecule has 176 valence electrons. The van der Waals surface area contributed by atoms with E-state index in [1.807, 2.05) is 0 Å². The zero-order valence-corrected chi connectivity index (χ0v) is 21.7. The number of ether oxygens (including phenoxy) is 2. The molecule has 3 rings (SSSR count). The van der Waals surface area contributed by atoms with Crippen LogP contribution in [0.4, 0.5) is 0 Å². The molecule has 0 aliphatic carbocycles. The van der Waals surface area contributed by atoms with Crippen molar-refractivity contribution in [3.05, 3.63) is 85.3 Å². The summed E-state index contributed by atoms with van der Waals surface area (Å²) in [7, 11) is 0. The average Bonchev–Trinajstić information content (AvgIpc) is 2.80. The molecule has 3 aromatic rings. The van der Waals surface area contributed by atoms with E-state index in [1.165, 1.54) is 18.3 Å². The van der Waals surface area contributed by atoms with Crippen LogP contribution in [0, 0.1) is 0 Å². The summed E-state index contributed by atoms with van der Waals surface area (Å²) in [6.07, 6.45) is 1.43. The molecule has 0 aliphatic heterocycles. The Hall–Kier alpha value is -2.88. The highest BCUT2D eigenvalue weighted by Gasteiger charge is 2.17. The number of phenolic OH excluding ortho intramolecular Hbond substituents is 1. The monoisotopic (exact) mass is 609 g/mol. The molecule has 0 aromatic heterocycles. The molecule has 1 N–H and O–H groups in total. The highest BCUT2D eigenvalue weighted by atomic mass is 79.9. The van der Waals surface area contributed by atoms with E-state index < -0.39 is 5.97 Å². The van der Waals surface area contributed by atoms with Crippen LogP contribution in [0.5, 0.6) is 17.2 Å². The molecule has 0 bridgehead atoms. The van der Waals surface area contributed by atoms with Gasteiger partial charge in [-0.2, -0.15) is 0 Å². The second kappa shape index (κ2) is 12.0. The Labute approximate surface area is 217 Å². The Morgan fingerprint density at radius 2 is 1.74 bits per heavy atom. The lowest BCUT2D eigenvalue weighted by Gasteiger charge is -2.12. The second-order valence-corrected chi connectivity index (χ2v) is 8.89. The van der Waals surface area contributed by atoms with Crippen LogP contribution in [0.3, 0.4) is 0 Å². The fourth-order valence-corrected chi connectivity index (χ4v) is 4.29. The Balaban J connectivity index is 1.76. The van der Waals surface area contributed by atoms with Crippen LogP contribution in [-0.4, -0.2) is 36.3 Å². The summed E-state index contributed by atoms with van der Waals surface area (Å²) >= 11 is 12.8. The summed E-state index contributed by atoms with van der Waals surface area (Å²) in [5.41, 5.74) is 1.14. The molecular formula is C24H18Br2ClNO6. The Kier molecular flexibility index (Phi) is 9.09. The van der Waals surface area contributed by atoms with Gasteiger partial charge in [-0.15, -0.1) is 0 Å². The quantitative estimate of drug-likeness (QED) is 0.128. The minimum atomic E-state index is -0.506. The van der Waals surface area contributed by atoms with Crippen molar-refractivity contribution in [1.82, 2.24) is 0 Å². The number of esters is 1. The van der Waals surface area contributed by atoms with Crippen LogP contribution in [0.2, 0.25) is 5.02 Å². The van der Waals surface area contributed by atoms with Gasteiger partial charge in [-0.3, -0.25) is 4.79 Å². The van der Waals surface area contributed by atoms with Gasteiger partial charge in [0.2, 0.25) is 6.61 Å². The lowest BCUT2D eigenvalue weighted by Crippen LogP contribution is -2.10. The Morgan fingerprint density at radius 1 is 1.06 bits per heavy atom. The van der Waals surface area contributed by atoms with Gasteiger partial charge < -0.3 is 19.4 Å². The molecule has 0 unspecified atom stereocenters. The largest absolute Gasteiger partial charge is 0.507 e. The Morgan fingerprint density at radius 3 is 2.38 bits per heavy atom. The van der Waals surface area contributed by atoms with Gasteiger partial charge in [0.25, 0.3) is 0 Å². The number of carbonyl (C=O) groups is 2. The van der Waals surface area contributed by atoms with Crippen LogP contribution in [0.15, 0.2) is 68.7 Å². The topological polar surface area (TPSA) is 94.4 Å². The number of oxime groups is 1. The number of phenols is 1. The van der Waals surface area contributed by atoms with E-state index in [4.69, 9.17) is 25.9 Å². The van der Waals surface area contributed by atoms with Crippen molar-refractivity contribution in [2.75, 3.05) is 13.2 Å². The van der Waals surface area contributed by atoms with E-state index >= 15 is 0 Å². The van der Waals surface area contributed by atoms with Gasteiger partial charge >= 0.3 is 5.97 Å². The standard InChI is InChI=1S/C24H18Br2ClNO6/c1-2-32-22(30)13-33-28-12-14-9-19(25)24(20(26)10-14)34-17-7-8-21(29)18(11-17)23(31)15-3-5-16(27)6-4-15/h3-12,29H,2,13H2,1H3/b28-12-. The van der Waals surface area contributed by atoms with Gasteiger partial charge in [0, 0.05) is 10.6 Å².